The van der Waals surface area contributed by atoms with Gasteiger partial charge >= 0.3 is 0 Å². The van der Waals surface area contributed by atoms with Crippen LogP contribution in [0.5, 0.6) is 0 Å². The third kappa shape index (κ3) is 2.00. The molecule has 0 aliphatic heterocycles. The second-order valence-electron chi connectivity index (χ2n) is 5.43. The van der Waals surface area contributed by atoms with Crippen LogP contribution in [0.25, 0.3) is 10.9 Å². The van der Waals surface area contributed by atoms with Gasteiger partial charge in [-0.2, -0.15) is 0 Å². The van der Waals surface area contributed by atoms with Crippen molar-refractivity contribution in [1.29, 1.82) is 0 Å². The monoisotopic (exact) mass is 242 g/mol. The third-order valence-corrected chi connectivity index (χ3v) is 4.22. The van der Waals surface area contributed by atoms with E-state index < -0.39 is 0 Å². The maximum Gasteiger partial charge on any atom is 0.0696 e. The van der Waals surface area contributed by atoms with Crippen molar-refractivity contribution in [3.05, 3.63) is 35.5 Å². The molecule has 0 unspecified atom stereocenters. The maximum absolute atomic E-state index is 6.29. The van der Waals surface area contributed by atoms with Gasteiger partial charge in [0.15, 0.2) is 0 Å². The summed E-state index contributed by atoms with van der Waals surface area (Å²) in [6, 6.07) is 8.57. The van der Waals surface area contributed by atoms with Crippen LogP contribution in [0, 0.1) is 0 Å². The highest BCUT2D eigenvalue weighted by Gasteiger charge is 2.15. The van der Waals surface area contributed by atoms with Crippen molar-refractivity contribution in [1.82, 2.24) is 4.68 Å². The van der Waals surface area contributed by atoms with Crippen LogP contribution in [0.1, 0.15) is 49.8 Å². The summed E-state index contributed by atoms with van der Waals surface area (Å²) in [7, 11) is 0. The van der Waals surface area contributed by atoms with E-state index in [4.69, 9.17) is 5.84 Å². The van der Waals surface area contributed by atoms with Crippen molar-refractivity contribution in [2.45, 2.75) is 51.4 Å². The van der Waals surface area contributed by atoms with Crippen LogP contribution in [0.4, 0.5) is 0 Å². The molecule has 2 N–H and O–H groups in total. The molecule has 0 radical (unpaired) electrons. The van der Waals surface area contributed by atoms with Crippen molar-refractivity contribution in [2.75, 3.05) is 5.84 Å². The number of hydrogen-bond acceptors (Lipinski definition) is 1. The first-order valence-electron chi connectivity index (χ1n) is 7.24. The SMILES string of the molecule is Nn1c2c(c3ccccc31)CCCCCCCC2. The van der Waals surface area contributed by atoms with E-state index in [0.29, 0.717) is 0 Å². The Hall–Kier alpha value is -1.44. The fraction of sp³-hybridized carbons (Fsp3) is 0.500. The molecule has 3 rings (SSSR count). The number of para-hydroxylation sites is 1. The van der Waals surface area contributed by atoms with Crippen LogP contribution in [0.2, 0.25) is 0 Å². The molecule has 2 nitrogen and oxygen atoms in total. The largest absolute Gasteiger partial charge is 0.339 e. The average molecular weight is 242 g/mol. The number of benzene rings is 1. The Morgan fingerprint density at radius 3 is 2.33 bits per heavy atom. The molecule has 1 heterocycles. The van der Waals surface area contributed by atoms with Crippen LogP contribution in [0.3, 0.4) is 0 Å². The van der Waals surface area contributed by atoms with Crippen LogP contribution in [-0.2, 0) is 12.8 Å². The van der Waals surface area contributed by atoms with Gasteiger partial charge in [0.25, 0.3) is 0 Å². The molecule has 2 heteroatoms. The Bertz CT molecular complexity index is 539. The number of nitrogen functional groups attached to an aromatic ring is 1. The molecule has 0 amide bonds. The summed E-state index contributed by atoms with van der Waals surface area (Å²) in [5.41, 5.74) is 4.08. The van der Waals surface area contributed by atoms with E-state index in [1.807, 2.05) is 4.68 Å². The molecule has 2 aromatic rings. The van der Waals surface area contributed by atoms with E-state index in [0.717, 1.165) is 6.42 Å². The Morgan fingerprint density at radius 2 is 1.50 bits per heavy atom. The first-order valence-corrected chi connectivity index (χ1v) is 7.24. The topological polar surface area (TPSA) is 30.9 Å². The summed E-state index contributed by atoms with van der Waals surface area (Å²) in [4.78, 5) is 0. The highest BCUT2D eigenvalue weighted by Crippen LogP contribution is 2.28. The van der Waals surface area contributed by atoms with Crippen molar-refractivity contribution in [3.63, 3.8) is 0 Å². The van der Waals surface area contributed by atoms with Gasteiger partial charge in [-0.1, -0.05) is 43.9 Å². The van der Waals surface area contributed by atoms with E-state index in [9.17, 15) is 0 Å². The highest BCUT2D eigenvalue weighted by molar-refractivity contribution is 5.85. The fourth-order valence-corrected chi connectivity index (χ4v) is 3.24. The minimum atomic E-state index is 1.14. The second-order valence-corrected chi connectivity index (χ2v) is 5.43. The Morgan fingerprint density at radius 1 is 0.833 bits per heavy atom. The molecule has 1 aromatic heterocycles. The summed E-state index contributed by atoms with van der Waals surface area (Å²) in [5, 5.41) is 1.37. The molecular weight excluding hydrogens is 220 g/mol. The average Bonchev–Trinajstić information content (AvgIpc) is 2.69. The zero-order valence-corrected chi connectivity index (χ0v) is 11.0. The predicted molar refractivity (Wildman–Crippen MR) is 77.2 cm³/mol. The molecule has 1 aliphatic rings. The van der Waals surface area contributed by atoms with E-state index >= 15 is 0 Å². The van der Waals surface area contributed by atoms with Gasteiger partial charge in [0.05, 0.1) is 5.52 Å². The number of fused-ring (bicyclic) bond motifs is 3. The minimum Gasteiger partial charge on any atom is -0.339 e. The second kappa shape index (κ2) is 5.05. The fourth-order valence-electron chi connectivity index (χ4n) is 3.24. The lowest BCUT2D eigenvalue weighted by Gasteiger charge is -2.10. The lowest BCUT2D eigenvalue weighted by atomic mass is 9.97. The number of nitrogens with two attached hydrogens (primary N) is 1. The Balaban J connectivity index is 2.08. The smallest absolute Gasteiger partial charge is 0.0696 e. The summed E-state index contributed by atoms with van der Waals surface area (Å²) in [5.74, 6) is 6.29. The van der Waals surface area contributed by atoms with Crippen LogP contribution < -0.4 is 5.84 Å². The van der Waals surface area contributed by atoms with Crippen molar-refractivity contribution in [2.24, 2.45) is 0 Å². The lowest BCUT2D eigenvalue weighted by Crippen LogP contribution is -2.13. The van der Waals surface area contributed by atoms with Gasteiger partial charge in [-0.25, -0.2) is 0 Å². The van der Waals surface area contributed by atoms with E-state index in [2.05, 4.69) is 24.3 Å². The van der Waals surface area contributed by atoms with Gasteiger partial charge in [0.2, 0.25) is 0 Å². The summed E-state index contributed by atoms with van der Waals surface area (Å²) in [6.45, 7) is 0. The van der Waals surface area contributed by atoms with Crippen LogP contribution >= 0.6 is 0 Å². The molecule has 0 saturated carbocycles. The van der Waals surface area contributed by atoms with Crippen LogP contribution in [-0.4, -0.2) is 4.68 Å². The molecule has 0 atom stereocenters. The van der Waals surface area contributed by atoms with Gasteiger partial charge in [0.1, 0.15) is 0 Å². The van der Waals surface area contributed by atoms with Gasteiger partial charge in [0, 0.05) is 11.1 Å². The molecule has 1 aliphatic carbocycles. The van der Waals surface area contributed by atoms with E-state index in [1.54, 1.807) is 0 Å². The highest BCUT2D eigenvalue weighted by atomic mass is 15.3. The summed E-state index contributed by atoms with van der Waals surface area (Å²) in [6.07, 6.45) is 10.4. The van der Waals surface area contributed by atoms with E-state index in [-0.39, 0.29) is 0 Å². The van der Waals surface area contributed by atoms with Crippen molar-refractivity contribution < 1.29 is 0 Å². The molecule has 0 spiro atoms. The maximum atomic E-state index is 6.29. The number of hydrogen-bond donors (Lipinski definition) is 1. The van der Waals surface area contributed by atoms with Crippen molar-refractivity contribution >= 4 is 10.9 Å². The standard InChI is InChI=1S/C16H22N2/c17-18-15-11-6-4-2-1-3-5-9-13(15)14-10-7-8-12-16(14)18/h7-8,10,12H,1-6,9,11,17H2. The quantitative estimate of drug-likeness (QED) is 0.700. The molecule has 96 valence electrons. The van der Waals surface area contributed by atoms with Gasteiger partial charge in [-0.15, -0.1) is 0 Å². The minimum absolute atomic E-state index is 1.14. The van der Waals surface area contributed by atoms with Gasteiger partial charge in [-0.05, 0) is 37.3 Å². The summed E-state index contributed by atoms with van der Waals surface area (Å²) >= 11 is 0. The number of aryl methyl sites for hydroxylation is 1. The third-order valence-electron chi connectivity index (χ3n) is 4.22. The lowest BCUT2D eigenvalue weighted by molar-refractivity contribution is 0.575. The Labute approximate surface area is 109 Å². The number of nitrogens with zero attached hydrogens (tertiary/aromatic N) is 1. The Kier molecular flexibility index (Phi) is 3.26. The molecule has 18 heavy (non-hydrogen) atoms. The van der Waals surface area contributed by atoms with E-state index in [1.165, 1.54) is 67.1 Å². The summed E-state index contributed by atoms with van der Waals surface area (Å²) < 4.78 is 1.94. The zero-order chi connectivity index (χ0) is 12.4. The van der Waals surface area contributed by atoms with Gasteiger partial charge in [-0.3, -0.25) is 4.68 Å². The zero-order valence-electron chi connectivity index (χ0n) is 11.0. The number of rotatable bonds is 0. The predicted octanol–water partition coefficient (Wildman–Crippen LogP) is 3.79. The normalized spacial score (nSPS) is 17.6. The molecule has 0 fully saturated rings. The number of aromatic nitrogens is 1. The van der Waals surface area contributed by atoms with Gasteiger partial charge < -0.3 is 5.84 Å². The van der Waals surface area contributed by atoms with Crippen molar-refractivity contribution in [3.8, 4) is 0 Å². The molecular formula is C16H22N2. The molecule has 1 aromatic carbocycles. The molecule has 0 saturated heterocycles. The molecule has 0 bridgehead atoms. The first kappa shape index (κ1) is 11.6. The first-order chi connectivity index (χ1) is 8.88. The van der Waals surface area contributed by atoms with Crippen LogP contribution in [0.15, 0.2) is 24.3 Å².